The zero-order valence-corrected chi connectivity index (χ0v) is 24.7. The quantitative estimate of drug-likeness (QED) is 0.238. The number of nitrogens with zero attached hydrogens (tertiary/aromatic N) is 2. The summed E-state index contributed by atoms with van der Waals surface area (Å²) in [5.41, 5.74) is 11.4. The van der Waals surface area contributed by atoms with Crippen molar-refractivity contribution in [1.29, 1.82) is 0 Å². The highest BCUT2D eigenvalue weighted by molar-refractivity contribution is 5.83. The SMILES string of the molecule is COc1ccc(-c2nc3c(c4c2C[C@H](c2ccccc2)OC4)CN(C(=O)NCCc2c[nH]c4ccccc24)CC3)c(C)c1. The normalized spacial score (nSPS) is 16.0. The summed E-state index contributed by atoms with van der Waals surface area (Å²) >= 11 is 0. The van der Waals surface area contributed by atoms with Gasteiger partial charge in [-0.2, -0.15) is 0 Å². The molecule has 0 spiro atoms. The molecule has 7 rings (SSSR count). The molecule has 0 aliphatic carbocycles. The topological polar surface area (TPSA) is 79.5 Å². The largest absolute Gasteiger partial charge is 0.497 e. The summed E-state index contributed by atoms with van der Waals surface area (Å²) in [6, 6.07) is 24.8. The number of benzene rings is 3. The number of urea groups is 1. The van der Waals surface area contributed by atoms with Crippen molar-refractivity contribution in [1.82, 2.24) is 20.2 Å². The molecule has 0 saturated carbocycles. The van der Waals surface area contributed by atoms with E-state index >= 15 is 0 Å². The molecule has 0 bridgehead atoms. The number of para-hydroxylation sites is 1. The van der Waals surface area contributed by atoms with Gasteiger partial charge in [-0.25, -0.2) is 4.79 Å². The summed E-state index contributed by atoms with van der Waals surface area (Å²) in [4.78, 5) is 23.9. The average Bonchev–Trinajstić information content (AvgIpc) is 3.47. The van der Waals surface area contributed by atoms with Gasteiger partial charge in [0.1, 0.15) is 5.75 Å². The molecule has 7 nitrogen and oxygen atoms in total. The van der Waals surface area contributed by atoms with Crippen molar-refractivity contribution in [3.05, 3.63) is 118 Å². The van der Waals surface area contributed by atoms with Gasteiger partial charge in [0.25, 0.3) is 0 Å². The Balaban J connectivity index is 1.15. The van der Waals surface area contributed by atoms with E-state index in [9.17, 15) is 4.79 Å². The van der Waals surface area contributed by atoms with Gasteiger partial charge in [-0.3, -0.25) is 4.98 Å². The van der Waals surface area contributed by atoms with E-state index in [1.165, 1.54) is 27.6 Å². The third-order valence-corrected chi connectivity index (χ3v) is 8.89. The molecule has 3 aromatic carbocycles. The fourth-order valence-electron chi connectivity index (χ4n) is 6.56. The zero-order chi connectivity index (χ0) is 29.3. The molecular weight excluding hydrogens is 536 g/mol. The number of rotatable bonds is 6. The molecule has 218 valence electrons. The fraction of sp³-hybridized carbons (Fsp3) is 0.278. The number of carbonyl (C=O) groups excluding carboxylic acids is 1. The van der Waals surface area contributed by atoms with E-state index in [2.05, 4.69) is 65.8 Å². The van der Waals surface area contributed by atoms with Crippen molar-refractivity contribution in [3.63, 3.8) is 0 Å². The number of ether oxygens (including phenoxy) is 2. The predicted octanol–water partition coefficient (Wildman–Crippen LogP) is 6.67. The van der Waals surface area contributed by atoms with E-state index < -0.39 is 0 Å². The first-order valence-electron chi connectivity index (χ1n) is 15.0. The van der Waals surface area contributed by atoms with Crippen LogP contribution >= 0.6 is 0 Å². The molecule has 4 heterocycles. The number of hydrogen-bond acceptors (Lipinski definition) is 4. The second-order valence-electron chi connectivity index (χ2n) is 11.5. The lowest BCUT2D eigenvalue weighted by molar-refractivity contribution is 0.0263. The maximum absolute atomic E-state index is 13.3. The molecule has 0 fully saturated rings. The van der Waals surface area contributed by atoms with E-state index in [1.54, 1.807) is 7.11 Å². The van der Waals surface area contributed by atoms with Crippen molar-refractivity contribution in [3.8, 4) is 17.0 Å². The van der Waals surface area contributed by atoms with Gasteiger partial charge in [0.05, 0.1) is 25.5 Å². The van der Waals surface area contributed by atoms with E-state index in [1.807, 2.05) is 35.4 Å². The van der Waals surface area contributed by atoms with Crippen LogP contribution in [-0.2, 0) is 37.2 Å². The lowest BCUT2D eigenvalue weighted by Gasteiger charge is -2.35. The minimum absolute atomic E-state index is 0.0341. The smallest absolute Gasteiger partial charge is 0.317 e. The zero-order valence-electron chi connectivity index (χ0n) is 24.7. The molecule has 1 atom stereocenters. The summed E-state index contributed by atoms with van der Waals surface area (Å²) in [5.74, 6) is 0.838. The second-order valence-corrected chi connectivity index (χ2v) is 11.5. The van der Waals surface area contributed by atoms with Crippen LogP contribution in [0.1, 0.15) is 45.2 Å². The Morgan fingerprint density at radius 2 is 1.91 bits per heavy atom. The Morgan fingerprint density at radius 3 is 2.74 bits per heavy atom. The highest BCUT2D eigenvalue weighted by Gasteiger charge is 2.32. The minimum atomic E-state index is -0.0432. The van der Waals surface area contributed by atoms with Gasteiger partial charge in [0, 0.05) is 60.8 Å². The number of nitrogens with one attached hydrogen (secondary N) is 2. The van der Waals surface area contributed by atoms with Crippen LogP contribution in [0.4, 0.5) is 4.79 Å². The molecular formula is C36H36N4O3. The number of aromatic nitrogens is 2. The number of aromatic amines is 1. The van der Waals surface area contributed by atoms with Gasteiger partial charge in [-0.15, -0.1) is 0 Å². The van der Waals surface area contributed by atoms with E-state index in [0.717, 1.165) is 52.2 Å². The molecule has 7 heteroatoms. The Bertz CT molecular complexity index is 1800. The summed E-state index contributed by atoms with van der Waals surface area (Å²) in [6.07, 6.45) is 4.21. The summed E-state index contributed by atoms with van der Waals surface area (Å²) in [7, 11) is 1.69. The van der Waals surface area contributed by atoms with Crippen molar-refractivity contribution >= 4 is 16.9 Å². The number of methoxy groups -OCH3 is 1. The third-order valence-electron chi connectivity index (χ3n) is 8.89. The highest BCUT2D eigenvalue weighted by atomic mass is 16.5. The highest BCUT2D eigenvalue weighted by Crippen LogP contribution is 2.40. The Labute approximate surface area is 251 Å². The number of hydrogen-bond donors (Lipinski definition) is 2. The number of H-pyrrole nitrogens is 1. The first kappa shape index (κ1) is 27.2. The maximum atomic E-state index is 13.3. The molecule has 2 aromatic heterocycles. The summed E-state index contributed by atoms with van der Waals surface area (Å²) in [6.45, 7) is 4.36. The van der Waals surface area contributed by atoms with Crippen LogP contribution in [0.3, 0.4) is 0 Å². The van der Waals surface area contributed by atoms with Crippen molar-refractivity contribution in [2.24, 2.45) is 0 Å². The van der Waals surface area contributed by atoms with E-state index in [0.29, 0.717) is 32.7 Å². The van der Waals surface area contributed by atoms with Gasteiger partial charge in [0.15, 0.2) is 0 Å². The fourth-order valence-corrected chi connectivity index (χ4v) is 6.56. The van der Waals surface area contributed by atoms with Gasteiger partial charge < -0.3 is 24.7 Å². The molecule has 2 amide bonds. The Morgan fingerprint density at radius 1 is 1.07 bits per heavy atom. The number of fused-ring (bicyclic) bond motifs is 4. The predicted molar refractivity (Wildman–Crippen MR) is 168 cm³/mol. The average molecular weight is 573 g/mol. The molecule has 5 aromatic rings. The molecule has 2 N–H and O–H groups in total. The van der Waals surface area contributed by atoms with Crippen LogP contribution in [0.15, 0.2) is 79.0 Å². The number of aryl methyl sites for hydroxylation is 1. The van der Waals surface area contributed by atoms with E-state index in [4.69, 9.17) is 14.5 Å². The first-order valence-corrected chi connectivity index (χ1v) is 15.0. The molecule has 2 aliphatic rings. The second kappa shape index (κ2) is 11.6. The van der Waals surface area contributed by atoms with Crippen molar-refractivity contribution < 1.29 is 14.3 Å². The van der Waals surface area contributed by atoms with Crippen LogP contribution < -0.4 is 10.1 Å². The number of amides is 2. The van der Waals surface area contributed by atoms with Gasteiger partial charge in [0.2, 0.25) is 0 Å². The molecule has 2 aliphatic heterocycles. The van der Waals surface area contributed by atoms with Crippen LogP contribution in [-0.4, -0.2) is 41.1 Å². The van der Waals surface area contributed by atoms with Crippen LogP contribution in [0.5, 0.6) is 5.75 Å². The van der Waals surface area contributed by atoms with Gasteiger partial charge in [-0.1, -0.05) is 48.5 Å². The number of carbonyl (C=O) groups is 1. The van der Waals surface area contributed by atoms with Gasteiger partial charge >= 0.3 is 6.03 Å². The summed E-state index contributed by atoms with van der Waals surface area (Å²) in [5, 5.41) is 4.37. The number of pyridine rings is 1. The molecule has 0 radical (unpaired) electrons. The lowest BCUT2D eigenvalue weighted by Crippen LogP contribution is -2.44. The standard InChI is InChI=1S/C36H36N4O3/c1-23-18-26(42-2)12-13-27(23)35-29-19-34(24-8-4-3-5-9-24)43-22-31(29)30-21-40(17-15-33(30)39-35)36(41)37-16-14-25-20-38-32-11-7-6-10-28(25)32/h3-13,18,20,34,38H,14-17,19,21-22H2,1-2H3,(H,37,41)/t34-/m1/s1. The van der Waals surface area contributed by atoms with Crippen molar-refractivity contribution in [2.75, 3.05) is 20.2 Å². The molecule has 0 saturated heterocycles. The first-order chi connectivity index (χ1) is 21.1. The minimum Gasteiger partial charge on any atom is -0.497 e. The van der Waals surface area contributed by atoms with Crippen LogP contribution in [0, 0.1) is 6.92 Å². The summed E-state index contributed by atoms with van der Waals surface area (Å²) < 4.78 is 12.0. The Hall–Kier alpha value is -4.62. The maximum Gasteiger partial charge on any atom is 0.317 e. The molecule has 0 unspecified atom stereocenters. The molecule has 43 heavy (non-hydrogen) atoms. The third kappa shape index (κ3) is 5.25. The van der Waals surface area contributed by atoms with Gasteiger partial charge in [-0.05, 0) is 71.0 Å². The Kier molecular flexibility index (Phi) is 7.33. The lowest BCUT2D eigenvalue weighted by atomic mass is 9.86. The van der Waals surface area contributed by atoms with E-state index in [-0.39, 0.29) is 12.1 Å². The van der Waals surface area contributed by atoms with Crippen LogP contribution in [0.25, 0.3) is 22.2 Å². The van der Waals surface area contributed by atoms with Crippen LogP contribution in [0.2, 0.25) is 0 Å². The van der Waals surface area contributed by atoms with Crippen molar-refractivity contribution in [2.45, 2.75) is 45.4 Å². The monoisotopic (exact) mass is 572 g/mol.